The Morgan fingerprint density at radius 1 is 1.67 bits per heavy atom. The van der Waals surface area contributed by atoms with Crippen molar-refractivity contribution in [1.29, 1.82) is 0 Å². The molecule has 1 N–H and O–H groups in total. The first-order chi connectivity index (χ1) is 8.63. The number of carboxylic acid groups (broad SMARTS) is 1. The molecule has 0 amide bonds. The second-order valence-electron chi connectivity index (χ2n) is 4.48. The average molecular weight is 250 g/mol. The van der Waals surface area contributed by atoms with E-state index in [-0.39, 0.29) is 6.10 Å². The summed E-state index contributed by atoms with van der Waals surface area (Å²) in [6, 6.07) is 1.73. The van der Waals surface area contributed by atoms with Crippen molar-refractivity contribution in [2.75, 3.05) is 24.6 Å². The van der Waals surface area contributed by atoms with Gasteiger partial charge < -0.3 is 14.7 Å². The maximum Gasteiger partial charge on any atom is 0.339 e. The summed E-state index contributed by atoms with van der Waals surface area (Å²) in [6.45, 7) is 5.87. The van der Waals surface area contributed by atoms with Gasteiger partial charge in [-0.15, -0.1) is 0 Å². The fourth-order valence-corrected chi connectivity index (χ4v) is 2.21. The summed E-state index contributed by atoms with van der Waals surface area (Å²) in [4.78, 5) is 17.6. The van der Waals surface area contributed by atoms with Crippen LogP contribution in [0.25, 0.3) is 0 Å². The first-order valence-electron chi connectivity index (χ1n) is 6.19. The molecular weight excluding hydrogens is 232 g/mol. The molecule has 1 aromatic heterocycles. The second-order valence-corrected chi connectivity index (χ2v) is 4.48. The minimum absolute atomic E-state index is 0.155. The van der Waals surface area contributed by atoms with Gasteiger partial charge in [-0.2, -0.15) is 0 Å². The Labute approximate surface area is 106 Å². The largest absolute Gasteiger partial charge is 0.478 e. The van der Waals surface area contributed by atoms with E-state index in [9.17, 15) is 9.90 Å². The summed E-state index contributed by atoms with van der Waals surface area (Å²) < 4.78 is 5.59. The fourth-order valence-electron chi connectivity index (χ4n) is 2.21. The monoisotopic (exact) mass is 250 g/mol. The topological polar surface area (TPSA) is 62.7 Å². The van der Waals surface area contributed by atoms with Crippen LogP contribution < -0.4 is 4.90 Å². The van der Waals surface area contributed by atoms with Crippen LogP contribution in [0.15, 0.2) is 12.3 Å². The van der Waals surface area contributed by atoms with Gasteiger partial charge in [-0.3, -0.25) is 0 Å². The minimum Gasteiger partial charge on any atom is -0.478 e. The molecule has 1 unspecified atom stereocenters. The van der Waals surface area contributed by atoms with Crippen LogP contribution >= 0.6 is 0 Å². The van der Waals surface area contributed by atoms with E-state index in [1.807, 2.05) is 4.90 Å². The first-order valence-corrected chi connectivity index (χ1v) is 6.19. The molecule has 0 aromatic carbocycles. The van der Waals surface area contributed by atoms with E-state index in [2.05, 4.69) is 11.9 Å². The number of nitrogens with zero attached hydrogens (tertiary/aromatic N) is 2. The molecule has 5 heteroatoms. The first kappa shape index (κ1) is 12.8. The summed E-state index contributed by atoms with van der Waals surface area (Å²) in [7, 11) is 0. The van der Waals surface area contributed by atoms with Crippen LogP contribution in [0.3, 0.4) is 0 Å². The molecule has 2 rings (SSSR count). The number of morpholine rings is 1. The van der Waals surface area contributed by atoms with E-state index >= 15 is 0 Å². The lowest BCUT2D eigenvalue weighted by atomic mass is 10.1. The molecule has 1 saturated heterocycles. The lowest BCUT2D eigenvalue weighted by molar-refractivity contribution is 0.0379. The van der Waals surface area contributed by atoms with Crippen LogP contribution in [-0.4, -0.2) is 41.9 Å². The van der Waals surface area contributed by atoms with Gasteiger partial charge in [-0.1, -0.05) is 6.92 Å². The number of aryl methyl sites for hydroxylation is 1. The summed E-state index contributed by atoms with van der Waals surface area (Å²) in [5, 5.41) is 9.30. The Hall–Kier alpha value is -1.62. The van der Waals surface area contributed by atoms with Crippen LogP contribution in [0.1, 0.15) is 29.3 Å². The van der Waals surface area contributed by atoms with Crippen LogP contribution in [0, 0.1) is 6.92 Å². The van der Waals surface area contributed by atoms with Crippen LogP contribution in [-0.2, 0) is 4.74 Å². The number of pyridine rings is 1. The van der Waals surface area contributed by atoms with Gasteiger partial charge in [0.05, 0.1) is 12.7 Å². The molecule has 0 aliphatic carbocycles. The molecule has 98 valence electrons. The molecule has 2 heterocycles. The molecule has 1 fully saturated rings. The highest BCUT2D eigenvalue weighted by molar-refractivity contribution is 5.95. The number of hydrogen-bond donors (Lipinski definition) is 1. The van der Waals surface area contributed by atoms with E-state index < -0.39 is 5.97 Å². The normalized spacial score (nSPS) is 19.9. The standard InChI is InChI=1S/C13H18N2O3/c1-3-10-8-15(6-7-18-10)12-11(13(16)17)9(2)4-5-14-12/h4-5,10H,3,6-8H2,1-2H3,(H,16,17). The highest BCUT2D eigenvalue weighted by Crippen LogP contribution is 2.23. The lowest BCUT2D eigenvalue weighted by Crippen LogP contribution is -2.43. The third-order valence-corrected chi connectivity index (χ3v) is 3.25. The Kier molecular flexibility index (Phi) is 3.81. The van der Waals surface area contributed by atoms with Crippen molar-refractivity contribution in [3.63, 3.8) is 0 Å². The highest BCUT2D eigenvalue weighted by Gasteiger charge is 2.25. The zero-order chi connectivity index (χ0) is 13.1. The van der Waals surface area contributed by atoms with Crippen LogP contribution in [0.5, 0.6) is 0 Å². The van der Waals surface area contributed by atoms with E-state index in [0.29, 0.717) is 31.1 Å². The molecule has 0 saturated carbocycles. The Morgan fingerprint density at radius 2 is 2.44 bits per heavy atom. The number of ether oxygens (including phenoxy) is 1. The van der Waals surface area contributed by atoms with Crippen molar-refractivity contribution < 1.29 is 14.6 Å². The van der Waals surface area contributed by atoms with E-state index in [0.717, 1.165) is 12.0 Å². The number of hydrogen-bond acceptors (Lipinski definition) is 4. The third kappa shape index (κ3) is 2.46. The molecule has 1 aromatic rings. The predicted molar refractivity (Wildman–Crippen MR) is 68.2 cm³/mol. The van der Waals surface area contributed by atoms with Gasteiger partial charge in [-0.25, -0.2) is 9.78 Å². The zero-order valence-corrected chi connectivity index (χ0v) is 10.7. The quantitative estimate of drug-likeness (QED) is 0.884. The molecular formula is C13H18N2O3. The van der Waals surface area contributed by atoms with Gasteiger partial charge in [0, 0.05) is 19.3 Å². The molecule has 1 atom stereocenters. The summed E-state index contributed by atoms with van der Waals surface area (Å²) in [5.41, 5.74) is 1.04. The Balaban J connectivity index is 2.32. The van der Waals surface area contributed by atoms with Gasteiger partial charge in [0.1, 0.15) is 11.4 Å². The SMILES string of the molecule is CCC1CN(c2nccc(C)c2C(=O)O)CCO1. The van der Waals surface area contributed by atoms with Crippen molar-refractivity contribution in [3.05, 3.63) is 23.4 Å². The molecule has 1 aliphatic heterocycles. The lowest BCUT2D eigenvalue weighted by Gasteiger charge is -2.34. The van der Waals surface area contributed by atoms with E-state index in [4.69, 9.17) is 4.74 Å². The Morgan fingerprint density at radius 3 is 3.11 bits per heavy atom. The highest BCUT2D eigenvalue weighted by atomic mass is 16.5. The predicted octanol–water partition coefficient (Wildman–Crippen LogP) is 1.70. The van der Waals surface area contributed by atoms with Crippen molar-refractivity contribution in [1.82, 2.24) is 4.98 Å². The van der Waals surface area contributed by atoms with Crippen molar-refractivity contribution in [2.24, 2.45) is 0 Å². The minimum atomic E-state index is -0.921. The number of aromatic nitrogens is 1. The second kappa shape index (κ2) is 5.35. The fraction of sp³-hybridized carbons (Fsp3) is 0.538. The summed E-state index contributed by atoms with van der Waals surface area (Å²) in [5.74, 6) is -0.362. The van der Waals surface area contributed by atoms with Gasteiger partial charge in [-0.05, 0) is 25.0 Å². The molecule has 0 bridgehead atoms. The third-order valence-electron chi connectivity index (χ3n) is 3.25. The maximum atomic E-state index is 11.3. The molecule has 0 spiro atoms. The van der Waals surface area contributed by atoms with Gasteiger partial charge in [0.15, 0.2) is 0 Å². The zero-order valence-electron chi connectivity index (χ0n) is 10.7. The van der Waals surface area contributed by atoms with E-state index in [1.165, 1.54) is 0 Å². The number of carbonyl (C=O) groups is 1. The van der Waals surface area contributed by atoms with Gasteiger partial charge in [0.2, 0.25) is 0 Å². The van der Waals surface area contributed by atoms with Crippen molar-refractivity contribution >= 4 is 11.8 Å². The molecule has 1 aliphatic rings. The summed E-state index contributed by atoms with van der Waals surface area (Å²) in [6.07, 6.45) is 2.74. The van der Waals surface area contributed by atoms with Crippen molar-refractivity contribution in [3.8, 4) is 0 Å². The number of aromatic carboxylic acids is 1. The van der Waals surface area contributed by atoms with Gasteiger partial charge in [0.25, 0.3) is 0 Å². The van der Waals surface area contributed by atoms with E-state index in [1.54, 1.807) is 19.2 Å². The Bertz CT molecular complexity index is 448. The van der Waals surface area contributed by atoms with Crippen LogP contribution in [0.2, 0.25) is 0 Å². The number of anilines is 1. The van der Waals surface area contributed by atoms with Crippen LogP contribution in [0.4, 0.5) is 5.82 Å². The van der Waals surface area contributed by atoms with Gasteiger partial charge >= 0.3 is 5.97 Å². The molecule has 0 radical (unpaired) electrons. The number of rotatable bonds is 3. The van der Waals surface area contributed by atoms with Crippen molar-refractivity contribution in [2.45, 2.75) is 26.4 Å². The molecule has 5 nitrogen and oxygen atoms in total. The maximum absolute atomic E-state index is 11.3. The average Bonchev–Trinajstić information content (AvgIpc) is 2.38. The molecule has 18 heavy (non-hydrogen) atoms. The summed E-state index contributed by atoms with van der Waals surface area (Å²) >= 11 is 0. The number of carboxylic acids is 1. The smallest absolute Gasteiger partial charge is 0.339 e.